The first-order valence-electron chi connectivity index (χ1n) is 8.98. The maximum Gasteiger partial charge on any atom is 0.223 e. The van der Waals surface area contributed by atoms with Crippen molar-refractivity contribution in [3.8, 4) is 0 Å². The first-order chi connectivity index (χ1) is 12.2. The second-order valence-electron chi connectivity index (χ2n) is 6.86. The summed E-state index contributed by atoms with van der Waals surface area (Å²) in [6.45, 7) is 3.11. The number of aromatic nitrogens is 2. The number of nitrogens with one attached hydrogen (secondary N) is 2. The van der Waals surface area contributed by atoms with Crippen molar-refractivity contribution >= 4 is 34.5 Å². The molecule has 7 heteroatoms. The zero-order valence-corrected chi connectivity index (χ0v) is 14.9. The molecule has 25 heavy (non-hydrogen) atoms. The van der Waals surface area contributed by atoms with Crippen molar-refractivity contribution in [2.24, 2.45) is 5.92 Å². The maximum absolute atomic E-state index is 12.4. The third-order valence-electron chi connectivity index (χ3n) is 5.12. The SMILES string of the molecule is O=C(NCC1CCCO1)C1CCN(c2nc3ccc(Cl)cc3[nH]2)CC1. The normalized spacial score (nSPS) is 21.8. The van der Waals surface area contributed by atoms with Crippen LogP contribution in [0.25, 0.3) is 11.0 Å². The van der Waals surface area contributed by atoms with E-state index in [-0.39, 0.29) is 17.9 Å². The number of amides is 1. The summed E-state index contributed by atoms with van der Waals surface area (Å²) >= 11 is 6.03. The Kier molecular flexibility index (Phi) is 4.81. The predicted molar refractivity (Wildman–Crippen MR) is 98.0 cm³/mol. The summed E-state index contributed by atoms with van der Waals surface area (Å²) in [4.78, 5) is 22.5. The van der Waals surface area contributed by atoms with Gasteiger partial charge in [-0.1, -0.05) is 11.6 Å². The molecular weight excluding hydrogens is 340 g/mol. The van der Waals surface area contributed by atoms with Crippen LogP contribution in [0.1, 0.15) is 25.7 Å². The first kappa shape index (κ1) is 16.7. The minimum atomic E-state index is 0.0801. The fourth-order valence-corrected chi connectivity index (χ4v) is 3.81. The van der Waals surface area contributed by atoms with Crippen LogP contribution in [0.15, 0.2) is 18.2 Å². The van der Waals surface area contributed by atoms with Crippen molar-refractivity contribution in [1.82, 2.24) is 15.3 Å². The lowest BCUT2D eigenvalue weighted by Gasteiger charge is -2.31. The number of carbonyl (C=O) groups excluding carboxylic acids is 1. The smallest absolute Gasteiger partial charge is 0.223 e. The number of aromatic amines is 1. The van der Waals surface area contributed by atoms with Crippen LogP contribution in [0.5, 0.6) is 0 Å². The average molecular weight is 363 g/mol. The summed E-state index contributed by atoms with van der Waals surface area (Å²) in [5.41, 5.74) is 1.86. The maximum atomic E-state index is 12.4. The van der Waals surface area contributed by atoms with E-state index in [4.69, 9.17) is 16.3 Å². The fourth-order valence-electron chi connectivity index (χ4n) is 3.64. The molecule has 3 heterocycles. The highest BCUT2D eigenvalue weighted by molar-refractivity contribution is 6.31. The van der Waals surface area contributed by atoms with Gasteiger partial charge in [0, 0.05) is 37.2 Å². The van der Waals surface area contributed by atoms with Gasteiger partial charge in [0.1, 0.15) is 0 Å². The zero-order valence-electron chi connectivity index (χ0n) is 14.1. The molecule has 4 rings (SSSR count). The Bertz CT molecular complexity index is 749. The molecule has 2 fully saturated rings. The number of carbonyl (C=O) groups is 1. The number of fused-ring (bicyclic) bond motifs is 1. The Morgan fingerprint density at radius 1 is 1.36 bits per heavy atom. The summed E-state index contributed by atoms with van der Waals surface area (Å²) in [6, 6.07) is 5.65. The van der Waals surface area contributed by atoms with Gasteiger partial charge in [-0.2, -0.15) is 0 Å². The lowest BCUT2D eigenvalue weighted by Crippen LogP contribution is -2.42. The highest BCUT2D eigenvalue weighted by Gasteiger charge is 2.27. The van der Waals surface area contributed by atoms with Crippen LogP contribution >= 0.6 is 11.6 Å². The zero-order chi connectivity index (χ0) is 17.2. The minimum absolute atomic E-state index is 0.0801. The Morgan fingerprint density at radius 3 is 2.96 bits per heavy atom. The van der Waals surface area contributed by atoms with Gasteiger partial charge in [-0.25, -0.2) is 4.98 Å². The molecule has 0 radical (unpaired) electrons. The van der Waals surface area contributed by atoms with Crippen LogP contribution in [0, 0.1) is 5.92 Å². The Labute approximate surface area is 151 Å². The summed E-state index contributed by atoms with van der Waals surface area (Å²) in [5.74, 6) is 1.10. The largest absolute Gasteiger partial charge is 0.376 e. The number of ether oxygens (including phenoxy) is 1. The summed E-state index contributed by atoms with van der Waals surface area (Å²) in [6.07, 6.45) is 4.03. The number of H-pyrrole nitrogens is 1. The first-order valence-corrected chi connectivity index (χ1v) is 9.36. The van der Waals surface area contributed by atoms with E-state index >= 15 is 0 Å². The fraction of sp³-hybridized carbons (Fsp3) is 0.556. The van der Waals surface area contributed by atoms with Crippen LogP contribution in [0.3, 0.4) is 0 Å². The van der Waals surface area contributed by atoms with Crippen molar-refractivity contribution in [2.75, 3.05) is 31.1 Å². The number of nitrogens with zero attached hydrogens (tertiary/aromatic N) is 2. The summed E-state index contributed by atoms with van der Waals surface area (Å²) < 4.78 is 5.56. The number of anilines is 1. The second kappa shape index (κ2) is 7.22. The number of rotatable bonds is 4. The van der Waals surface area contributed by atoms with Gasteiger partial charge in [0.2, 0.25) is 11.9 Å². The van der Waals surface area contributed by atoms with E-state index in [1.807, 2.05) is 18.2 Å². The monoisotopic (exact) mass is 362 g/mol. The van der Waals surface area contributed by atoms with Gasteiger partial charge < -0.3 is 19.9 Å². The standard InChI is InChI=1S/C18H23ClN4O2/c19-13-3-4-15-16(10-13)22-18(21-15)23-7-5-12(6-8-23)17(24)20-11-14-2-1-9-25-14/h3-4,10,12,14H,1-2,5-9,11H2,(H,20,24)(H,21,22). The molecule has 0 aliphatic carbocycles. The molecule has 2 aromatic rings. The molecule has 1 amide bonds. The molecule has 2 aliphatic heterocycles. The van der Waals surface area contributed by atoms with Crippen LogP contribution in [0.4, 0.5) is 5.95 Å². The van der Waals surface area contributed by atoms with E-state index in [2.05, 4.69) is 20.2 Å². The number of piperidine rings is 1. The van der Waals surface area contributed by atoms with E-state index in [9.17, 15) is 4.79 Å². The Morgan fingerprint density at radius 2 is 2.20 bits per heavy atom. The van der Waals surface area contributed by atoms with Crippen molar-refractivity contribution < 1.29 is 9.53 Å². The van der Waals surface area contributed by atoms with Crippen LogP contribution in [-0.2, 0) is 9.53 Å². The van der Waals surface area contributed by atoms with Gasteiger partial charge >= 0.3 is 0 Å². The van der Waals surface area contributed by atoms with Crippen molar-refractivity contribution in [1.29, 1.82) is 0 Å². The molecule has 1 unspecified atom stereocenters. The molecular formula is C18H23ClN4O2. The van der Waals surface area contributed by atoms with Gasteiger partial charge in [0.25, 0.3) is 0 Å². The highest BCUT2D eigenvalue weighted by atomic mass is 35.5. The van der Waals surface area contributed by atoms with Crippen LogP contribution in [-0.4, -0.2) is 48.2 Å². The topological polar surface area (TPSA) is 70.2 Å². The van der Waals surface area contributed by atoms with Crippen molar-refractivity contribution in [3.63, 3.8) is 0 Å². The van der Waals surface area contributed by atoms with Gasteiger partial charge in [-0.3, -0.25) is 4.79 Å². The molecule has 0 bridgehead atoms. The van der Waals surface area contributed by atoms with Gasteiger partial charge in [-0.05, 0) is 43.9 Å². The molecule has 0 saturated carbocycles. The second-order valence-corrected chi connectivity index (χ2v) is 7.30. The number of hydrogen-bond acceptors (Lipinski definition) is 4. The summed E-state index contributed by atoms with van der Waals surface area (Å²) in [5, 5.41) is 3.75. The van der Waals surface area contributed by atoms with Gasteiger partial charge in [-0.15, -0.1) is 0 Å². The lowest BCUT2D eigenvalue weighted by atomic mass is 9.96. The van der Waals surface area contributed by atoms with E-state index < -0.39 is 0 Å². The third kappa shape index (κ3) is 3.75. The van der Waals surface area contributed by atoms with E-state index in [1.165, 1.54) is 0 Å². The molecule has 134 valence electrons. The number of imidazole rings is 1. The van der Waals surface area contributed by atoms with E-state index in [0.717, 1.165) is 62.4 Å². The molecule has 1 aromatic carbocycles. The molecule has 1 aromatic heterocycles. The third-order valence-corrected chi connectivity index (χ3v) is 5.36. The minimum Gasteiger partial charge on any atom is -0.376 e. The Hall–Kier alpha value is -1.79. The quantitative estimate of drug-likeness (QED) is 0.877. The van der Waals surface area contributed by atoms with Crippen molar-refractivity contribution in [3.05, 3.63) is 23.2 Å². The van der Waals surface area contributed by atoms with E-state index in [0.29, 0.717) is 11.6 Å². The number of hydrogen-bond donors (Lipinski definition) is 2. The van der Waals surface area contributed by atoms with Gasteiger partial charge in [0.05, 0.1) is 17.1 Å². The molecule has 2 aliphatic rings. The van der Waals surface area contributed by atoms with Gasteiger partial charge in [0.15, 0.2) is 0 Å². The predicted octanol–water partition coefficient (Wildman–Crippen LogP) is 2.73. The number of benzene rings is 1. The summed E-state index contributed by atoms with van der Waals surface area (Å²) in [7, 11) is 0. The lowest BCUT2D eigenvalue weighted by molar-refractivity contribution is -0.126. The average Bonchev–Trinajstić information content (AvgIpc) is 3.29. The van der Waals surface area contributed by atoms with Crippen molar-refractivity contribution in [2.45, 2.75) is 31.8 Å². The molecule has 2 saturated heterocycles. The molecule has 0 spiro atoms. The van der Waals surface area contributed by atoms with Crippen LogP contribution in [0.2, 0.25) is 5.02 Å². The highest BCUT2D eigenvalue weighted by Crippen LogP contribution is 2.25. The molecule has 2 N–H and O–H groups in total. The molecule has 1 atom stereocenters. The van der Waals surface area contributed by atoms with Crippen LogP contribution < -0.4 is 10.2 Å². The van der Waals surface area contributed by atoms with E-state index in [1.54, 1.807) is 0 Å². The Balaban J connectivity index is 1.31. The number of halogens is 1. The molecule has 6 nitrogen and oxygen atoms in total.